The van der Waals surface area contributed by atoms with Crippen molar-refractivity contribution < 1.29 is 4.42 Å². The van der Waals surface area contributed by atoms with E-state index in [9.17, 15) is 0 Å². The molecular weight excluding hydrogens is 760 g/mol. The van der Waals surface area contributed by atoms with Gasteiger partial charge in [0, 0.05) is 64.2 Å². The molecule has 0 bridgehead atoms. The number of thiophene rings is 1. The summed E-state index contributed by atoms with van der Waals surface area (Å²) in [6.07, 6.45) is 2.30. The lowest BCUT2D eigenvalue weighted by atomic mass is 9.47. The predicted octanol–water partition coefficient (Wildman–Crippen LogP) is 14.6. The molecule has 3 aromatic heterocycles. The Hall–Kier alpha value is -6.04. The molecule has 10 aromatic rings. The van der Waals surface area contributed by atoms with Crippen molar-refractivity contribution >= 4 is 99.3 Å². The Bertz CT molecular complexity index is 3540. The highest BCUT2D eigenvalue weighted by atomic mass is 32.1. The minimum atomic E-state index is -0.184. The molecule has 0 atom stereocenters. The van der Waals surface area contributed by atoms with E-state index in [1.807, 2.05) is 11.3 Å². The van der Waals surface area contributed by atoms with Gasteiger partial charge in [0.15, 0.2) is 0 Å². The quantitative estimate of drug-likeness (QED) is 0.162. The van der Waals surface area contributed by atoms with Crippen molar-refractivity contribution in [3.63, 3.8) is 0 Å². The Morgan fingerprint density at radius 1 is 0.623 bits per heavy atom. The van der Waals surface area contributed by atoms with E-state index < -0.39 is 0 Å². The smallest absolute Gasteiger partial charge is 0.376 e. The van der Waals surface area contributed by atoms with E-state index in [0.29, 0.717) is 0 Å². The number of aromatic nitrogens is 1. The number of nitrogens with zero attached hydrogens (tertiary/aromatic N) is 2. The Balaban J connectivity index is 1.25. The third kappa shape index (κ3) is 4.71. The summed E-state index contributed by atoms with van der Waals surface area (Å²) in [5, 5.41) is 6.43. The highest BCUT2D eigenvalue weighted by molar-refractivity contribution is 7.26. The molecule has 13 rings (SSSR count). The summed E-state index contributed by atoms with van der Waals surface area (Å²) in [5.41, 5.74) is 18.7. The first-order chi connectivity index (χ1) is 29.4. The normalized spacial score (nSPS) is 16.2. The monoisotopic (exact) mass is 806 g/mol. The first-order valence-corrected chi connectivity index (χ1v) is 22.8. The molecule has 0 fully saturated rings. The minimum Gasteiger partial charge on any atom is -0.466 e. The Morgan fingerprint density at radius 3 is 2.11 bits per heavy atom. The molecule has 5 heteroatoms. The zero-order valence-electron chi connectivity index (χ0n) is 35.9. The third-order valence-corrected chi connectivity index (χ3v) is 15.9. The van der Waals surface area contributed by atoms with Crippen LogP contribution in [0.3, 0.4) is 0 Å². The summed E-state index contributed by atoms with van der Waals surface area (Å²) < 4.78 is 12.9. The van der Waals surface area contributed by atoms with Gasteiger partial charge in [0.25, 0.3) is 0 Å². The summed E-state index contributed by atoms with van der Waals surface area (Å²) in [4.78, 5) is 2.62. The molecule has 0 saturated carbocycles. The van der Waals surface area contributed by atoms with E-state index in [1.54, 1.807) is 0 Å². The SMILES string of the molecule is CC(C)(C)c1ccc(N2c3cc4sc5ccccc5c4c4c3B(c3oc5cc6c(cc5c32)C(C)(C)CCC6(C)C)n2c3ccccc3c3cccc-4c32)c(-c2ccccc2)c1. The Kier molecular flexibility index (Phi) is 6.94. The number of anilines is 3. The van der Waals surface area contributed by atoms with Crippen LogP contribution in [0.2, 0.25) is 0 Å². The second-order valence-corrected chi connectivity index (χ2v) is 21.4. The van der Waals surface area contributed by atoms with Gasteiger partial charge in [-0.25, -0.2) is 0 Å². The second kappa shape index (κ2) is 11.9. The molecule has 61 heavy (non-hydrogen) atoms. The Morgan fingerprint density at radius 2 is 1.33 bits per heavy atom. The van der Waals surface area contributed by atoms with Crippen LogP contribution >= 0.6 is 11.3 Å². The van der Waals surface area contributed by atoms with Crippen molar-refractivity contribution in [2.24, 2.45) is 0 Å². The summed E-state index contributed by atoms with van der Waals surface area (Å²) in [6.45, 7) is 16.5. The number of rotatable bonds is 2. The maximum atomic E-state index is 7.63. The molecule has 5 heterocycles. The highest BCUT2D eigenvalue weighted by Gasteiger charge is 2.48. The zero-order chi connectivity index (χ0) is 41.3. The molecule has 3 nitrogen and oxygen atoms in total. The lowest BCUT2D eigenvalue weighted by molar-refractivity contribution is 0.332. The number of furan rings is 1. The van der Waals surface area contributed by atoms with Gasteiger partial charge in [-0.15, -0.1) is 11.3 Å². The van der Waals surface area contributed by atoms with E-state index in [0.717, 1.165) is 29.8 Å². The zero-order valence-corrected chi connectivity index (χ0v) is 36.7. The van der Waals surface area contributed by atoms with Gasteiger partial charge in [0.1, 0.15) is 11.2 Å². The average molecular weight is 807 g/mol. The molecule has 1 aliphatic carbocycles. The lowest BCUT2D eigenvalue weighted by Gasteiger charge is -2.42. The van der Waals surface area contributed by atoms with Crippen molar-refractivity contribution in [2.75, 3.05) is 4.90 Å². The van der Waals surface area contributed by atoms with Crippen LogP contribution in [-0.4, -0.2) is 11.3 Å². The molecule has 0 N–H and O–H groups in total. The number of fused-ring (bicyclic) bond motifs is 14. The summed E-state index contributed by atoms with van der Waals surface area (Å²) in [7, 11) is 0. The van der Waals surface area contributed by atoms with Crippen molar-refractivity contribution in [1.82, 2.24) is 4.48 Å². The van der Waals surface area contributed by atoms with E-state index in [4.69, 9.17) is 4.42 Å². The van der Waals surface area contributed by atoms with Crippen LogP contribution in [-0.2, 0) is 16.2 Å². The van der Waals surface area contributed by atoms with Crippen molar-refractivity contribution in [1.29, 1.82) is 0 Å². The van der Waals surface area contributed by atoms with Crippen molar-refractivity contribution in [3.8, 4) is 22.3 Å². The van der Waals surface area contributed by atoms with Gasteiger partial charge in [-0.05, 0) is 105 Å². The largest absolute Gasteiger partial charge is 0.466 e. The maximum absolute atomic E-state index is 7.63. The van der Waals surface area contributed by atoms with Crippen molar-refractivity contribution in [3.05, 3.63) is 150 Å². The molecule has 2 aliphatic heterocycles. The highest BCUT2D eigenvalue weighted by Crippen LogP contribution is 2.55. The first-order valence-electron chi connectivity index (χ1n) is 22.0. The fraction of sp³-hybridized carbons (Fsp3) is 0.214. The molecule has 0 unspecified atom stereocenters. The summed E-state index contributed by atoms with van der Waals surface area (Å²) in [6, 6.07) is 50.7. The predicted molar refractivity (Wildman–Crippen MR) is 262 cm³/mol. The van der Waals surface area contributed by atoms with Gasteiger partial charge in [-0.1, -0.05) is 139 Å². The van der Waals surface area contributed by atoms with Gasteiger partial charge in [0.05, 0.1) is 11.4 Å². The number of hydrogen-bond acceptors (Lipinski definition) is 3. The number of hydrogen-bond donors (Lipinski definition) is 0. The topological polar surface area (TPSA) is 21.3 Å². The fourth-order valence-corrected chi connectivity index (χ4v) is 12.7. The molecule has 0 spiro atoms. The summed E-state index contributed by atoms with van der Waals surface area (Å²) >= 11 is 1.92. The standard InChI is InChI=1S/C56H47BN2OS/c1-54(2,3)33-24-25-42(38(28-33)32-16-9-8-10-17-32)58-44-31-47-48(36-19-12-14-23-46(36)61-47)49-37-21-15-20-35-34-18-11-13-22-43(34)59(51(35)37)57(50(44)49)53-52(58)39-29-40-41(30-45(39)60-53)56(6,7)27-26-55(40,4)5/h8-25,28-31H,26-27H2,1-7H3. The number of para-hydroxylation sites is 2. The van der Waals surface area contributed by atoms with Crippen molar-refractivity contribution in [2.45, 2.75) is 77.6 Å². The van der Waals surface area contributed by atoms with Gasteiger partial charge in [-0.2, -0.15) is 0 Å². The maximum Gasteiger partial charge on any atom is 0.376 e. The summed E-state index contributed by atoms with van der Waals surface area (Å²) in [5.74, 6) is 0. The van der Waals surface area contributed by atoms with Crippen LogP contribution in [0.4, 0.5) is 17.1 Å². The molecule has 0 saturated heterocycles. The molecule has 296 valence electrons. The van der Waals surface area contributed by atoms with E-state index in [2.05, 4.69) is 191 Å². The van der Waals surface area contributed by atoms with Gasteiger partial charge < -0.3 is 13.8 Å². The van der Waals surface area contributed by atoms with Gasteiger partial charge >= 0.3 is 6.85 Å². The van der Waals surface area contributed by atoms with E-state index in [1.165, 1.54) is 103 Å². The fourth-order valence-electron chi connectivity index (χ4n) is 11.5. The third-order valence-electron chi connectivity index (χ3n) is 14.8. The molecule has 0 radical (unpaired) electrons. The van der Waals surface area contributed by atoms with Crippen LogP contribution in [0, 0.1) is 0 Å². The second-order valence-electron chi connectivity index (χ2n) is 20.3. The number of benzene rings is 7. The van der Waals surface area contributed by atoms with E-state index in [-0.39, 0.29) is 23.1 Å². The van der Waals surface area contributed by atoms with Crippen LogP contribution < -0.4 is 16.0 Å². The first kappa shape index (κ1) is 35.7. The van der Waals surface area contributed by atoms with Crippen LogP contribution in [0.15, 0.2) is 138 Å². The van der Waals surface area contributed by atoms with Gasteiger partial charge in [-0.3, -0.25) is 0 Å². The molecule has 0 amide bonds. The van der Waals surface area contributed by atoms with E-state index >= 15 is 0 Å². The Labute approximate surface area is 361 Å². The van der Waals surface area contributed by atoms with Crippen LogP contribution in [0.25, 0.3) is 75.2 Å². The van der Waals surface area contributed by atoms with Crippen LogP contribution in [0.5, 0.6) is 0 Å². The lowest BCUT2D eigenvalue weighted by Crippen LogP contribution is -2.56. The van der Waals surface area contributed by atoms with Crippen LogP contribution in [0.1, 0.15) is 78.0 Å². The molecular formula is C56H47BN2OS. The minimum absolute atomic E-state index is 0.0281. The molecule has 3 aliphatic rings. The van der Waals surface area contributed by atoms with Gasteiger partial charge in [0.2, 0.25) is 0 Å². The molecule has 7 aromatic carbocycles. The average Bonchev–Trinajstić information content (AvgIpc) is 3.93.